The van der Waals surface area contributed by atoms with Crippen molar-refractivity contribution in [1.82, 2.24) is 10.2 Å². The average molecular weight is 516 g/mol. The Hall–Kier alpha value is -3.80. The molecule has 0 radical (unpaired) electrons. The third-order valence-corrected chi connectivity index (χ3v) is 6.12. The van der Waals surface area contributed by atoms with E-state index in [-0.39, 0.29) is 24.9 Å². The first-order valence-electron chi connectivity index (χ1n) is 11.4. The maximum Gasteiger partial charge on any atom is 0.414 e. The third-order valence-electron chi connectivity index (χ3n) is 5.96. The Morgan fingerprint density at radius 3 is 2.39 bits per heavy atom. The second-order valence-electron chi connectivity index (χ2n) is 8.48. The van der Waals surface area contributed by atoms with Gasteiger partial charge in [0.2, 0.25) is 5.91 Å². The average Bonchev–Trinajstić information content (AvgIpc) is 3.23. The van der Waals surface area contributed by atoms with Crippen molar-refractivity contribution in [3.05, 3.63) is 53.8 Å². The lowest BCUT2D eigenvalue weighted by Crippen LogP contribution is -2.49. The summed E-state index contributed by atoms with van der Waals surface area (Å²) in [5.41, 5.74) is 1.87. The first-order chi connectivity index (χ1) is 17.2. The molecule has 2 aromatic rings. The first kappa shape index (κ1) is 25.3. The summed E-state index contributed by atoms with van der Waals surface area (Å²) in [7, 11) is 0. The quantitative estimate of drug-likeness (QED) is 0.511. The highest BCUT2D eigenvalue weighted by atomic mass is 32.1. The number of halogens is 1. The summed E-state index contributed by atoms with van der Waals surface area (Å²) < 4.78 is 20.2. The predicted octanol–water partition coefficient (Wildman–Crippen LogP) is 2.71. The molecule has 0 aliphatic carbocycles. The Morgan fingerprint density at radius 1 is 1.08 bits per heavy atom. The van der Waals surface area contributed by atoms with E-state index in [9.17, 15) is 19.2 Å². The van der Waals surface area contributed by atoms with E-state index in [1.54, 1.807) is 41.3 Å². The van der Waals surface area contributed by atoms with Gasteiger partial charge in [-0.3, -0.25) is 19.3 Å². The minimum atomic E-state index is -0.613. The predicted molar refractivity (Wildman–Crippen MR) is 135 cm³/mol. The fraction of sp³-hybridized carbons (Fsp3) is 0.333. The molecule has 10 nitrogen and oxygen atoms in total. The summed E-state index contributed by atoms with van der Waals surface area (Å²) in [6.45, 7) is 3.45. The fourth-order valence-electron chi connectivity index (χ4n) is 4.19. The highest BCUT2D eigenvalue weighted by Crippen LogP contribution is 2.28. The molecule has 36 heavy (non-hydrogen) atoms. The Balaban J connectivity index is 1.34. The summed E-state index contributed by atoms with van der Waals surface area (Å²) in [6.07, 6.45) is -1.17. The number of piperazine rings is 1. The van der Waals surface area contributed by atoms with Crippen LogP contribution < -0.4 is 20.4 Å². The molecule has 2 fully saturated rings. The second kappa shape index (κ2) is 10.9. The highest BCUT2D eigenvalue weighted by Gasteiger charge is 2.33. The lowest BCUT2D eigenvalue weighted by Gasteiger charge is -2.36. The molecule has 0 bridgehead atoms. The van der Waals surface area contributed by atoms with E-state index >= 15 is 4.39 Å². The number of thiol groups is 1. The summed E-state index contributed by atoms with van der Waals surface area (Å²) in [6, 6.07) is 11.2. The third kappa shape index (κ3) is 5.88. The number of amides is 4. The van der Waals surface area contributed by atoms with Gasteiger partial charge in [0.15, 0.2) is 0 Å². The zero-order valence-corrected chi connectivity index (χ0v) is 20.5. The van der Waals surface area contributed by atoms with Crippen LogP contribution in [0.4, 0.5) is 31.0 Å². The zero-order chi connectivity index (χ0) is 25.8. The molecule has 4 amide bonds. The van der Waals surface area contributed by atoms with Gasteiger partial charge in [-0.25, -0.2) is 9.18 Å². The first-order valence-corrected chi connectivity index (χ1v) is 11.8. The number of cyclic esters (lactones) is 1. The van der Waals surface area contributed by atoms with Crippen molar-refractivity contribution in [2.75, 3.05) is 54.4 Å². The summed E-state index contributed by atoms with van der Waals surface area (Å²) >= 11 is 3.62. The molecule has 190 valence electrons. The van der Waals surface area contributed by atoms with Crippen LogP contribution in [-0.4, -0.2) is 73.4 Å². The van der Waals surface area contributed by atoms with E-state index in [1.807, 2.05) is 4.90 Å². The number of ether oxygens (including phenoxy) is 1. The number of carbonyl (C=O) groups is 4. The molecule has 2 aliphatic rings. The number of nitrogens with zero attached hydrogens (tertiary/aromatic N) is 3. The summed E-state index contributed by atoms with van der Waals surface area (Å²) in [4.78, 5) is 52.0. The van der Waals surface area contributed by atoms with Crippen molar-refractivity contribution >= 4 is 52.8 Å². The van der Waals surface area contributed by atoms with Gasteiger partial charge in [-0.1, -0.05) is 12.6 Å². The van der Waals surface area contributed by atoms with E-state index in [0.717, 1.165) is 0 Å². The monoisotopic (exact) mass is 515 g/mol. The molecule has 1 unspecified atom stereocenters. The van der Waals surface area contributed by atoms with Crippen molar-refractivity contribution in [1.29, 1.82) is 0 Å². The Morgan fingerprint density at radius 2 is 1.78 bits per heavy atom. The van der Waals surface area contributed by atoms with Crippen LogP contribution in [0.2, 0.25) is 0 Å². The number of nitrogens with one attached hydrogen (secondary N) is 2. The largest absolute Gasteiger partial charge is 0.442 e. The van der Waals surface area contributed by atoms with Crippen LogP contribution in [0.25, 0.3) is 0 Å². The highest BCUT2D eigenvalue weighted by molar-refractivity contribution is 7.96. The van der Waals surface area contributed by atoms with Gasteiger partial charge in [0, 0.05) is 44.4 Å². The standard InChI is InChI=1S/C24H26FN5O5S/c1-15(31)27-17-4-2-16(3-5-17)22(32)29-10-8-28(9-11-29)21-7-6-18(12-20(21)25)30-14-19(35-24(30)34)13-26-23(33)36/h2-7,12,19H,8-11,13-14H2,1H3,(H,27,31)(H2,26,33,36). The van der Waals surface area contributed by atoms with Crippen molar-refractivity contribution in [3.63, 3.8) is 0 Å². The van der Waals surface area contributed by atoms with Gasteiger partial charge in [0.25, 0.3) is 11.1 Å². The second-order valence-corrected chi connectivity index (χ2v) is 8.88. The van der Waals surface area contributed by atoms with E-state index in [4.69, 9.17) is 4.74 Å². The van der Waals surface area contributed by atoms with Gasteiger partial charge in [0.1, 0.15) is 11.9 Å². The number of benzene rings is 2. The normalized spacial score (nSPS) is 17.6. The summed E-state index contributed by atoms with van der Waals surface area (Å²) in [5, 5.41) is 4.61. The molecule has 1 atom stereocenters. The number of rotatable bonds is 6. The number of hydrogen-bond acceptors (Lipinski definition) is 6. The molecule has 4 rings (SSSR count). The van der Waals surface area contributed by atoms with Crippen molar-refractivity contribution < 1.29 is 28.3 Å². The zero-order valence-electron chi connectivity index (χ0n) is 19.6. The molecular weight excluding hydrogens is 489 g/mol. The van der Waals surface area contributed by atoms with Gasteiger partial charge >= 0.3 is 6.09 Å². The van der Waals surface area contributed by atoms with Crippen LogP contribution in [-0.2, 0) is 9.53 Å². The van der Waals surface area contributed by atoms with Gasteiger partial charge < -0.3 is 25.2 Å². The van der Waals surface area contributed by atoms with Gasteiger partial charge in [-0.15, -0.1) is 0 Å². The molecule has 0 spiro atoms. The van der Waals surface area contributed by atoms with Crippen LogP contribution >= 0.6 is 12.6 Å². The Labute approximate surface area is 212 Å². The van der Waals surface area contributed by atoms with Gasteiger partial charge in [0.05, 0.1) is 24.5 Å². The van der Waals surface area contributed by atoms with Crippen LogP contribution in [0.1, 0.15) is 17.3 Å². The maximum atomic E-state index is 15.0. The molecule has 2 heterocycles. The molecule has 2 N–H and O–H groups in total. The Bertz CT molecular complexity index is 1170. The maximum absolute atomic E-state index is 15.0. The lowest BCUT2D eigenvalue weighted by atomic mass is 10.1. The van der Waals surface area contributed by atoms with E-state index in [2.05, 4.69) is 23.3 Å². The van der Waals surface area contributed by atoms with Crippen LogP contribution in [0, 0.1) is 5.82 Å². The smallest absolute Gasteiger partial charge is 0.414 e. The molecule has 2 aromatic carbocycles. The topological polar surface area (TPSA) is 111 Å². The lowest BCUT2D eigenvalue weighted by molar-refractivity contribution is -0.114. The van der Waals surface area contributed by atoms with Gasteiger partial charge in [-0.2, -0.15) is 0 Å². The fourth-order valence-corrected chi connectivity index (χ4v) is 4.28. The van der Waals surface area contributed by atoms with E-state index < -0.39 is 23.3 Å². The van der Waals surface area contributed by atoms with Crippen LogP contribution in [0.15, 0.2) is 42.5 Å². The minimum absolute atomic E-state index is 0.119. The minimum Gasteiger partial charge on any atom is -0.442 e. The van der Waals surface area contributed by atoms with Crippen molar-refractivity contribution in [2.24, 2.45) is 0 Å². The van der Waals surface area contributed by atoms with Gasteiger partial charge in [-0.05, 0) is 42.5 Å². The van der Waals surface area contributed by atoms with Crippen molar-refractivity contribution in [2.45, 2.75) is 13.0 Å². The molecule has 0 saturated carbocycles. The number of anilines is 3. The van der Waals surface area contributed by atoms with Crippen molar-refractivity contribution in [3.8, 4) is 0 Å². The van der Waals surface area contributed by atoms with E-state index in [0.29, 0.717) is 48.8 Å². The molecule has 12 heteroatoms. The van der Waals surface area contributed by atoms with Crippen LogP contribution in [0.5, 0.6) is 0 Å². The Kier molecular flexibility index (Phi) is 7.63. The van der Waals surface area contributed by atoms with E-state index in [1.165, 1.54) is 17.9 Å². The summed E-state index contributed by atoms with van der Waals surface area (Å²) in [5.74, 6) is -0.800. The molecule has 2 saturated heterocycles. The van der Waals surface area contributed by atoms with Crippen LogP contribution in [0.3, 0.4) is 0 Å². The molecular formula is C24H26FN5O5S. The molecule has 0 aromatic heterocycles. The number of hydrogen-bond donors (Lipinski definition) is 3. The molecule has 2 aliphatic heterocycles. The SMILES string of the molecule is CC(=O)Nc1ccc(C(=O)N2CCN(c3ccc(N4CC(CNC(=O)S)OC4=O)cc3F)CC2)cc1. The number of carbonyl (C=O) groups excluding carboxylic acids is 4.